The van der Waals surface area contributed by atoms with Gasteiger partial charge >= 0.3 is 5.97 Å². The summed E-state index contributed by atoms with van der Waals surface area (Å²) < 4.78 is 0. The minimum atomic E-state index is -0.793. The molecule has 1 aromatic carbocycles. The molecular formula is C12H15NO2. The summed E-state index contributed by atoms with van der Waals surface area (Å²) in [5.74, 6) is -0.793. The van der Waals surface area contributed by atoms with E-state index in [4.69, 9.17) is 5.11 Å². The van der Waals surface area contributed by atoms with E-state index in [1.165, 1.54) is 0 Å². The van der Waals surface area contributed by atoms with Crippen molar-refractivity contribution in [2.24, 2.45) is 0 Å². The van der Waals surface area contributed by atoms with Gasteiger partial charge in [0.15, 0.2) is 0 Å². The third kappa shape index (κ3) is 3.95. The van der Waals surface area contributed by atoms with Crippen molar-refractivity contribution >= 4 is 5.97 Å². The molecule has 1 unspecified atom stereocenters. The molecule has 0 aliphatic heterocycles. The highest BCUT2D eigenvalue weighted by atomic mass is 16.4. The molecule has 0 saturated heterocycles. The third-order valence-electron chi connectivity index (χ3n) is 2.10. The third-order valence-corrected chi connectivity index (χ3v) is 2.10. The van der Waals surface area contributed by atoms with Crippen molar-refractivity contribution < 1.29 is 9.90 Å². The number of carboxylic acids is 1. The summed E-state index contributed by atoms with van der Waals surface area (Å²) >= 11 is 0. The molecule has 0 fully saturated rings. The fraction of sp³-hybridized carbons (Fsp3) is 0.250. The average molecular weight is 205 g/mol. The zero-order valence-corrected chi connectivity index (χ0v) is 8.52. The molecule has 0 radical (unpaired) electrons. The lowest BCUT2D eigenvalue weighted by Gasteiger charge is -2.14. The Hall–Kier alpha value is -1.61. The van der Waals surface area contributed by atoms with Crippen LogP contribution in [-0.4, -0.2) is 17.6 Å². The molecule has 3 heteroatoms. The van der Waals surface area contributed by atoms with Crippen LogP contribution < -0.4 is 5.32 Å². The molecule has 1 atom stereocenters. The quantitative estimate of drug-likeness (QED) is 0.698. The normalized spacial score (nSPS) is 12.0. The molecule has 15 heavy (non-hydrogen) atoms. The van der Waals surface area contributed by atoms with Crippen molar-refractivity contribution in [3.63, 3.8) is 0 Å². The highest BCUT2D eigenvalue weighted by Gasteiger charge is 2.06. The molecule has 1 rings (SSSR count). The van der Waals surface area contributed by atoms with Gasteiger partial charge in [0.05, 0.1) is 12.5 Å². The maximum atomic E-state index is 10.3. The van der Waals surface area contributed by atoms with Crippen LogP contribution in [0.25, 0.3) is 0 Å². The Balaban J connectivity index is 2.50. The van der Waals surface area contributed by atoms with E-state index in [9.17, 15) is 4.79 Å². The van der Waals surface area contributed by atoms with Gasteiger partial charge in [0.25, 0.3) is 0 Å². The summed E-state index contributed by atoms with van der Waals surface area (Å²) in [5.41, 5.74) is 1.10. The first-order chi connectivity index (χ1) is 7.24. The van der Waals surface area contributed by atoms with Crippen LogP contribution in [0, 0.1) is 0 Å². The summed E-state index contributed by atoms with van der Waals surface area (Å²) in [5, 5.41) is 11.6. The first kappa shape index (κ1) is 11.5. The molecule has 0 saturated carbocycles. The SMILES string of the molecule is C=CC(NCCC(=O)O)c1ccccc1. The number of aliphatic carboxylic acids is 1. The minimum absolute atomic E-state index is 0.0190. The highest BCUT2D eigenvalue weighted by molar-refractivity contribution is 5.66. The van der Waals surface area contributed by atoms with Crippen LogP contribution in [0.1, 0.15) is 18.0 Å². The van der Waals surface area contributed by atoms with E-state index in [-0.39, 0.29) is 12.5 Å². The molecule has 0 aliphatic carbocycles. The second-order valence-corrected chi connectivity index (χ2v) is 3.22. The van der Waals surface area contributed by atoms with Crippen LogP contribution >= 0.6 is 0 Å². The molecule has 0 aromatic heterocycles. The van der Waals surface area contributed by atoms with Crippen LogP contribution in [0.4, 0.5) is 0 Å². The smallest absolute Gasteiger partial charge is 0.304 e. The Kier molecular flexibility index (Phi) is 4.57. The summed E-state index contributed by atoms with van der Waals surface area (Å²) in [6.45, 7) is 4.17. The number of carboxylic acid groups (broad SMARTS) is 1. The van der Waals surface area contributed by atoms with E-state index >= 15 is 0 Å². The topological polar surface area (TPSA) is 49.3 Å². The summed E-state index contributed by atoms with van der Waals surface area (Å²) in [4.78, 5) is 10.3. The fourth-order valence-corrected chi connectivity index (χ4v) is 1.33. The van der Waals surface area contributed by atoms with Crippen LogP contribution in [0.2, 0.25) is 0 Å². The van der Waals surface area contributed by atoms with E-state index < -0.39 is 5.97 Å². The van der Waals surface area contributed by atoms with E-state index in [1.54, 1.807) is 6.08 Å². The second kappa shape index (κ2) is 5.98. The van der Waals surface area contributed by atoms with Crippen molar-refractivity contribution in [2.75, 3.05) is 6.54 Å². The number of rotatable bonds is 6. The lowest BCUT2D eigenvalue weighted by Crippen LogP contribution is -2.22. The van der Waals surface area contributed by atoms with E-state index in [0.717, 1.165) is 5.56 Å². The Morgan fingerprint density at radius 2 is 2.13 bits per heavy atom. The number of hydrogen-bond donors (Lipinski definition) is 2. The monoisotopic (exact) mass is 205 g/mol. The zero-order valence-electron chi connectivity index (χ0n) is 8.52. The summed E-state index contributed by atoms with van der Waals surface area (Å²) in [7, 11) is 0. The van der Waals surface area contributed by atoms with Gasteiger partial charge in [-0.15, -0.1) is 6.58 Å². The van der Waals surface area contributed by atoms with Crippen molar-refractivity contribution in [3.05, 3.63) is 48.6 Å². The van der Waals surface area contributed by atoms with Crippen molar-refractivity contribution in [1.82, 2.24) is 5.32 Å². The zero-order chi connectivity index (χ0) is 11.1. The van der Waals surface area contributed by atoms with Gasteiger partial charge in [-0.2, -0.15) is 0 Å². The molecule has 1 aromatic rings. The predicted molar refractivity (Wildman–Crippen MR) is 59.6 cm³/mol. The van der Waals surface area contributed by atoms with Gasteiger partial charge < -0.3 is 10.4 Å². The van der Waals surface area contributed by atoms with E-state index in [1.807, 2.05) is 30.3 Å². The van der Waals surface area contributed by atoms with Gasteiger partial charge in [0, 0.05) is 6.54 Å². The Bertz CT molecular complexity index is 322. The highest BCUT2D eigenvalue weighted by Crippen LogP contribution is 2.12. The molecule has 2 N–H and O–H groups in total. The van der Waals surface area contributed by atoms with E-state index in [0.29, 0.717) is 6.54 Å². The van der Waals surface area contributed by atoms with Gasteiger partial charge in [-0.3, -0.25) is 4.79 Å². The largest absolute Gasteiger partial charge is 0.481 e. The maximum absolute atomic E-state index is 10.3. The number of nitrogens with one attached hydrogen (secondary N) is 1. The fourth-order valence-electron chi connectivity index (χ4n) is 1.33. The van der Waals surface area contributed by atoms with E-state index in [2.05, 4.69) is 11.9 Å². The molecule has 0 heterocycles. The molecule has 0 spiro atoms. The summed E-state index contributed by atoms with van der Waals surface area (Å²) in [6, 6.07) is 9.84. The standard InChI is InChI=1S/C12H15NO2/c1-2-11(13-9-8-12(14)15)10-6-4-3-5-7-10/h2-7,11,13H,1,8-9H2,(H,14,15). The number of benzene rings is 1. The predicted octanol–water partition coefficient (Wildman–Crippen LogP) is 1.98. The Morgan fingerprint density at radius 1 is 1.47 bits per heavy atom. The van der Waals surface area contributed by atoms with Crippen molar-refractivity contribution in [1.29, 1.82) is 0 Å². The van der Waals surface area contributed by atoms with Crippen molar-refractivity contribution in [2.45, 2.75) is 12.5 Å². The lowest BCUT2D eigenvalue weighted by molar-refractivity contribution is -0.136. The molecule has 0 amide bonds. The van der Waals surface area contributed by atoms with Gasteiger partial charge in [-0.1, -0.05) is 36.4 Å². The Morgan fingerprint density at radius 3 is 2.67 bits per heavy atom. The number of carbonyl (C=O) groups is 1. The molecule has 80 valence electrons. The van der Waals surface area contributed by atoms with Gasteiger partial charge in [-0.05, 0) is 5.56 Å². The number of hydrogen-bond acceptors (Lipinski definition) is 2. The first-order valence-electron chi connectivity index (χ1n) is 4.86. The van der Waals surface area contributed by atoms with Gasteiger partial charge in [-0.25, -0.2) is 0 Å². The van der Waals surface area contributed by atoms with Crippen molar-refractivity contribution in [3.8, 4) is 0 Å². The van der Waals surface area contributed by atoms with Crippen LogP contribution in [0.5, 0.6) is 0 Å². The van der Waals surface area contributed by atoms with Gasteiger partial charge in [0.2, 0.25) is 0 Å². The lowest BCUT2D eigenvalue weighted by atomic mass is 10.1. The van der Waals surface area contributed by atoms with Crippen LogP contribution in [-0.2, 0) is 4.79 Å². The van der Waals surface area contributed by atoms with Crippen LogP contribution in [0.3, 0.4) is 0 Å². The Labute approximate surface area is 89.4 Å². The average Bonchev–Trinajstić information content (AvgIpc) is 2.25. The van der Waals surface area contributed by atoms with Gasteiger partial charge in [0.1, 0.15) is 0 Å². The molecule has 0 bridgehead atoms. The first-order valence-corrected chi connectivity index (χ1v) is 4.86. The van der Waals surface area contributed by atoms with Crippen LogP contribution in [0.15, 0.2) is 43.0 Å². The summed E-state index contributed by atoms with van der Waals surface area (Å²) in [6.07, 6.45) is 1.90. The second-order valence-electron chi connectivity index (χ2n) is 3.22. The molecule has 0 aliphatic rings. The minimum Gasteiger partial charge on any atom is -0.481 e. The molecular weight excluding hydrogens is 190 g/mol. The molecule has 3 nitrogen and oxygen atoms in total. The maximum Gasteiger partial charge on any atom is 0.304 e.